The summed E-state index contributed by atoms with van der Waals surface area (Å²) in [5, 5.41) is 18.6. The van der Waals surface area contributed by atoms with Crippen molar-refractivity contribution in [3.63, 3.8) is 0 Å². The number of nitrogens with zero attached hydrogens (tertiary/aromatic N) is 2. The summed E-state index contributed by atoms with van der Waals surface area (Å²) in [6, 6.07) is 12.2. The van der Waals surface area contributed by atoms with Gasteiger partial charge in [0.1, 0.15) is 0 Å². The lowest BCUT2D eigenvalue weighted by atomic mass is 9.94. The van der Waals surface area contributed by atoms with Gasteiger partial charge in [0.15, 0.2) is 0 Å². The maximum absolute atomic E-state index is 9.28. The van der Waals surface area contributed by atoms with Crippen molar-refractivity contribution in [1.82, 2.24) is 4.48 Å². The molecule has 0 amide bonds. The Kier molecular flexibility index (Phi) is 7.45. The fourth-order valence-electron chi connectivity index (χ4n) is 3.83. The number of aliphatic imine (C=N–C) groups is 1. The molecule has 3 rings (SSSR count). The number of hydrogen-bond donors (Lipinski definition) is 2. The van der Waals surface area contributed by atoms with Crippen molar-refractivity contribution in [2.45, 2.75) is 27.7 Å². The molecule has 0 radical (unpaired) electrons. The Hall–Kier alpha value is -2.45. The summed E-state index contributed by atoms with van der Waals surface area (Å²) in [5.41, 5.74) is 7.99. The monoisotopic (exact) mass is 408 g/mol. The van der Waals surface area contributed by atoms with Crippen LogP contribution in [0.5, 0.6) is 0 Å². The number of aliphatic hydroxyl groups is 2. The van der Waals surface area contributed by atoms with Gasteiger partial charge in [-0.1, -0.05) is 30.3 Å². The summed E-state index contributed by atoms with van der Waals surface area (Å²) in [6.45, 7) is 8.12. The van der Waals surface area contributed by atoms with Crippen molar-refractivity contribution in [1.29, 1.82) is 0 Å². The summed E-state index contributed by atoms with van der Waals surface area (Å²) in [6.07, 6.45) is 2.08. The fourth-order valence-corrected chi connectivity index (χ4v) is 3.83. The molecule has 0 atom stereocenters. The van der Waals surface area contributed by atoms with Gasteiger partial charge >= 0.3 is 7.25 Å². The molecule has 0 saturated heterocycles. The summed E-state index contributed by atoms with van der Waals surface area (Å²) in [7, 11) is -0.775. The molecule has 1 aliphatic rings. The molecule has 1 aromatic carbocycles. The van der Waals surface area contributed by atoms with Gasteiger partial charge in [0.05, 0.1) is 32.1 Å². The number of aryl methyl sites for hydroxylation is 2. The SMILES string of the molecule is CC1=CC(C)=N/C1=C(/c1ccccc1)c1c(C)cc(C)n1B(OCCO)OCCO. The molecule has 158 valence electrons. The second kappa shape index (κ2) is 10.0. The molecule has 2 heterocycles. The summed E-state index contributed by atoms with van der Waals surface area (Å²) < 4.78 is 13.6. The molecule has 0 fully saturated rings. The minimum Gasteiger partial charge on any atom is -0.394 e. The molecule has 30 heavy (non-hydrogen) atoms. The second-order valence-electron chi connectivity index (χ2n) is 7.35. The molecular formula is C23H29BN2O4. The minimum absolute atomic E-state index is 0.119. The van der Waals surface area contributed by atoms with Crippen LogP contribution in [-0.2, 0) is 9.31 Å². The molecule has 2 N–H and O–H groups in total. The second-order valence-corrected chi connectivity index (χ2v) is 7.35. The fraction of sp³-hybridized carbons (Fsp3) is 0.348. The van der Waals surface area contributed by atoms with E-state index in [9.17, 15) is 10.2 Å². The van der Waals surface area contributed by atoms with Crippen molar-refractivity contribution < 1.29 is 19.5 Å². The van der Waals surface area contributed by atoms with E-state index in [0.29, 0.717) is 0 Å². The molecule has 7 heteroatoms. The zero-order valence-electron chi connectivity index (χ0n) is 18.1. The number of benzene rings is 1. The van der Waals surface area contributed by atoms with Crippen molar-refractivity contribution in [3.05, 3.63) is 76.3 Å². The number of rotatable bonds is 9. The molecule has 1 aromatic heterocycles. The van der Waals surface area contributed by atoms with Gasteiger partial charge in [-0.05, 0) is 56.5 Å². The quantitative estimate of drug-likeness (QED) is 0.626. The van der Waals surface area contributed by atoms with Crippen LogP contribution in [0.4, 0.5) is 0 Å². The Bertz CT molecular complexity index is 969. The zero-order chi connectivity index (χ0) is 21.7. The average Bonchev–Trinajstić information content (AvgIpc) is 3.21. The van der Waals surface area contributed by atoms with Gasteiger partial charge in [-0.15, -0.1) is 0 Å². The van der Waals surface area contributed by atoms with E-state index in [4.69, 9.17) is 14.3 Å². The van der Waals surface area contributed by atoms with Crippen LogP contribution >= 0.6 is 0 Å². The van der Waals surface area contributed by atoms with Gasteiger partial charge in [-0.25, -0.2) is 0 Å². The standard InChI is InChI=1S/C23H29BN2O4/c1-16-14-18(3)25-22(16)21(20-8-6-5-7-9-20)23-17(2)15-19(4)26(23)24(29-12-10-27)30-13-11-28/h5-9,14-15,27-28H,10-13H2,1-4H3/b22-21-. The van der Waals surface area contributed by atoms with Crippen molar-refractivity contribution in [3.8, 4) is 0 Å². The van der Waals surface area contributed by atoms with Crippen molar-refractivity contribution >= 4 is 18.5 Å². The van der Waals surface area contributed by atoms with E-state index in [-0.39, 0.29) is 26.4 Å². The van der Waals surface area contributed by atoms with Crippen LogP contribution in [0.25, 0.3) is 5.57 Å². The van der Waals surface area contributed by atoms with Crippen molar-refractivity contribution in [2.75, 3.05) is 26.4 Å². The lowest BCUT2D eigenvalue weighted by Crippen LogP contribution is -2.36. The molecule has 0 unspecified atom stereocenters. The van der Waals surface area contributed by atoms with Gasteiger partial charge in [0, 0.05) is 22.7 Å². The Morgan fingerprint density at radius 3 is 2.17 bits per heavy atom. The Balaban J connectivity index is 2.26. The van der Waals surface area contributed by atoms with E-state index in [1.165, 1.54) is 0 Å². The Labute approximate surface area is 178 Å². The third kappa shape index (κ3) is 4.65. The molecule has 0 spiro atoms. The highest BCUT2D eigenvalue weighted by molar-refractivity contribution is 6.43. The summed E-state index contributed by atoms with van der Waals surface area (Å²) >= 11 is 0. The van der Waals surface area contributed by atoms with E-state index < -0.39 is 7.25 Å². The van der Waals surface area contributed by atoms with Crippen LogP contribution in [0.1, 0.15) is 36.4 Å². The summed E-state index contributed by atoms with van der Waals surface area (Å²) in [4.78, 5) is 4.83. The van der Waals surface area contributed by atoms with E-state index in [1.807, 2.05) is 36.5 Å². The highest BCUT2D eigenvalue weighted by atomic mass is 16.6. The van der Waals surface area contributed by atoms with E-state index in [1.54, 1.807) is 0 Å². The van der Waals surface area contributed by atoms with Crippen LogP contribution in [-0.4, -0.2) is 54.1 Å². The predicted octanol–water partition coefficient (Wildman–Crippen LogP) is 3.14. The predicted molar refractivity (Wildman–Crippen MR) is 120 cm³/mol. The highest BCUT2D eigenvalue weighted by Gasteiger charge is 2.31. The van der Waals surface area contributed by atoms with E-state index in [0.717, 1.165) is 45.1 Å². The molecule has 2 aromatic rings. The molecule has 1 aliphatic heterocycles. The van der Waals surface area contributed by atoms with Gasteiger partial charge in [-0.3, -0.25) is 4.99 Å². The minimum atomic E-state index is -0.775. The number of allylic oxidation sites excluding steroid dienone is 2. The summed E-state index contributed by atoms with van der Waals surface area (Å²) in [5.74, 6) is 0. The maximum atomic E-state index is 9.28. The van der Waals surface area contributed by atoms with Crippen LogP contribution < -0.4 is 0 Å². The first-order valence-corrected chi connectivity index (χ1v) is 10.1. The Morgan fingerprint density at radius 2 is 1.63 bits per heavy atom. The normalized spacial score (nSPS) is 15.3. The lowest BCUT2D eigenvalue weighted by Gasteiger charge is -2.22. The smallest absolute Gasteiger partial charge is 0.394 e. The van der Waals surface area contributed by atoms with E-state index >= 15 is 0 Å². The first-order chi connectivity index (χ1) is 14.5. The van der Waals surface area contributed by atoms with Crippen LogP contribution in [0.15, 0.2) is 58.7 Å². The molecule has 0 aliphatic carbocycles. The number of aromatic nitrogens is 1. The zero-order valence-corrected chi connectivity index (χ0v) is 18.1. The first-order valence-electron chi connectivity index (χ1n) is 10.1. The lowest BCUT2D eigenvalue weighted by molar-refractivity contribution is 0.127. The largest absolute Gasteiger partial charge is 0.597 e. The van der Waals surface area contributed by atoms with E-state index in [2.05, 4.69) is 38.1 Å². The number of hydrogen-bond acceptors (Lipinski definition) is 5. The molecular weight excluding hydrogens is 379 g/mol. The van der Waals surface area contributed by atoms with Gasteiger partial charge in [-0.2, -0.15) is 0 Å². The topological polar surface area (TPSA) is 76.2 Å². The Morgan fingerprint density at radius 1 is 1.00 bits per heavy atom. The highest BCUT2D eigenvalue weighted by Crippen LogP contribution is 2.36. The third-order valence-corrected chi connectivity index (χ3v) is 4.96. The first kappa shape index (κ1) is 22.2. The third-order valence-electron chi connectivity index (χ3n) is 4.96. The maximum Gasteiger partial charge on any atom is 0.597 e. The van der Waals surface area contributed by atoms with Gasteiger partial charge in [0.25, 0.3) is 0 Å². The number of aliphatic hydroxyl groups excluding tert-OH is 2. The average molecular weight is 408 g/mol. The molecule has 0 bridgehead atoms. The van der Waals surface area contributed by atoms with Crippen LogP contribution in [0, 0.1) is 13.8 Å². The van der Waals surface area contributed by atoms with Crippen LogP contribution in [0.2, 0.25) is 0 Å². The molecule has 6 nitrogen and oxygen atoms in total. The van der Waals surface area contributed by atoms with Crippen molar-refractivity contribution in [2.24, 2.45) is 4.99 Å². The van der Waals surface area contributed by atoms with Gasteiger partial charge < -0.3 is 24.0 Å². The molecule has 0 saturated carbocycles. The van der Waals surface area contributed by atoms with Crippen LogP contribution in [0.3, 0.4) is 0 Å². The van der Waals surface area contributed by atoms with Gasteiger partial charge in [0.2, 0.25) is 0 Å².